The maximum absolute atomic E-state index is 10.7. The zero-order valence-electron chi connectivity index (χ0n) is 9.46. The van der Waals surface area contributed by atoms with E-state index in [0.29, 0.717) is 0 Å². The zero-order chi connectivity index (χ0) is 14.2. The van der Waals surface area contributed by atoms with Crippen LogP contribution in [0.2, 0.25) is 0 Å². The molecule has 0 radical (unpaired) electrons. The Morgan fingerprint density at radius 3 is 2.47 bits per heavy atom. The number of hydrogen-bond acceptors (Lipinski definition) is 8. The minimum absolute atomic E-state index is 0.0568. The quantitative estimate of drug-likeness (QED) is 0.508. The molecule has 19 heavy (non-hydrogen) atoms. The molecule has 0 aromatic carbocycles. The molecule has 100 valence electrons. The van der Waals surface area contributed by atoms with E-state index in [-0.39, 0.29) is 17.5 Å². The van der Waals surface area contributed by atoms with Gasteiger partial charge >= 0.3 is 11.7 Å². The summed E-state index contributed by atoms with van der Waals surface area (Å²) in [5.74, 6) is -0.613. The van der Waals surface area contributed by atoms with Gasteiger partial charge in [-0.1, -0.05) is 0 Å². The Morgan fingerprint density at radius 1 is 1.32 bits per heavy atom. The molecular formula is C8H7N5O5S. The van der Waals surface area contributed by atoms with Crippen molar-refractivity contribution < 1.29 is 14.3 Å². The second-order valence-corrected chi connectivity index (χ2v) is 4.00. The molecule has 11 heteroatoms. The number of imidazole rings is 1. The summed E-state index contributed by atoms with van der Waals surface area (Å²) in [6.45, 7) is 0. The van der Waals surface area contributed by atoms with Crippen LogP contribution in [-0.2, 0) is 7.05 Å². The molecule has 0 bridgehead atoms. The summed E-state index contributed by atoms with van der Waals surface area (Å²) >= 11 is 4.16. The highest BCUT2D eigenvalue weighted by Gasteiger charge is 2.28. The first-order chi connectivity index (χ1) is 8.91. The fourth-order valence-electron chi connectivity index (χ4n) is 1.44. The largest absolute Gasteiger partial charge is 0.453 e. The van der Waals surface area contributed by atoms with Gasteiger partial charge in [-0.05, 0) is 4.92 Å². The van der Waals surface area contributed by atoms with Crippen LogP contribution in [0.25, 0.3) is 0 Å². The van der Waals surface area contributed by atoms with E-state index in [4.69, 9.17) is 4.42 Å². The molecule has 0 saturated heterocycles. The van der Waals surface area contributed by atoms with E-state index in [0.717, 1.165) is 12.4 Å². The summed E-state index contributed by atoms with van der Waals surface area (Å²) in [6, 6.07) is 0. The topological polar surface area (TPSA) is 130 Å². The maximum atomic E-state index is 10.7. The normalized spacial score (nSPS) is 12.3. The van der Waals surface area contributed by atoms with Crippen molar-refractivity contribution in [2.45, 2.75) is 5.25 Å². The van der Waals surface area contributed by atoms with Gasteiger partial charge in [0.2, 0.25) is 11.7 Å². The van der Waals surface area contributed by atoms with Gasteiger partial charge < -0.3 is 14.5 Å². The second kappa shape index (κ2) is 4.68. The van der Waals surface area contributed by atoms with E-state index >= 15 is 0 Å². The number of thiol groups is 1. The van der Waals surface area contributed by atoms with Crippen LogP contribution in [0, 0.1) is 20.2 Å². The maximum Gasteiger partial charge on any atom is 0.453 e. The first-order valence-corrected chi connectivity index (χ1v) is 5.37. The van der Waals surface area contributed by atoms with Crippen LogP contribution in [0.5, 0.6) is 0 Å². The Labute approximate surface area is 110 Å². The van der Waals surface area contributed by atoms with E-state index in [1.807, 2.05) is 0 Å². The third-order valence-electron chi connectivity index (χ3n) is 2.36. The number of aromatic nitrogens is 3. The van der Waals surface area contributed by atoms with Crippen LogP contribution in [0.15, 0.2) is 16.8 Å². The number of oxazole rings is 1. The minimum atomic E-state index is -0.840. The van der Waals surface area contributed by atoms with E-state index in [2.05, 4.69) is 22.6 Å². The number of hydrogen-bond donors (Lipinski definition) is 1. The summed E-state index contributed by atoms with van der Waals surface area (Å²) in [5.41, 5.74) is 0. The van der Waals surface area contributed by atoms with Gasteiger partial charge in [-0.2, -0.15) is 12.6 Å². The van der Waals surface area contributed by atoms with Crippen molar-refractivity contribution in [2.24, 2.45) is 7.05 Å². The van der Waals surface area contributed by atoms with Gasteiger partial charge in [-0.25, -0.2) is 14.5 Å². The molecule has 10 nitrogen and oxygen atoms in total. The standard InChI is InChI=1S/C8H7N5O5S/c1-11-4(12(14)15)2-9-7(11)6(19)8-10-3-5(18-8)13(16)17/h2-3,6,19H,1H3. The summed E-state index contributed by atoms with van der Waals surface area (Å²) in [7, 11) is 1.43. The lowest BCUT2D eigenvalue weighted by atomic mass is 10.4. The van der Waals surface area contributed by atoms with Crippen molar-refractivity contribution in [3.05, 3.63) is 44.3 Å². The molecule has 0 fully saturated rings. The van der Waals surface area contributed by atoms with Crippen LogP contribution >= 0.6 is 12.6 Å². The fourth-order valence-corrected chi connectivity index (χ4v) is 1.80. The van der Waals surface area contributed by atoms with Gasteiger partial charge in [0, 0.05) is 0 Å². The SMILES string of the molecule is Cn1c([N+](=O)[O-])cnc1C(S)c1ncc([N+](=O)[O-])o1. The first-order valence-electron chi connectivity index (χ1n) is 4.86. The first kappa shape index (κ1) is 13.0. The predicted octanol–water partition coefficient (Wildman–Crippen LogP) is 1.24. The number of nitrogens with zero attached hydrogens (tertiary/aromatic N) is 5. The van der Waals surface area contributed by atoms with Crippen LogP contribution in [0.1, 0.15) is 17.0 Å². The fraction of sp³-hybridized carbons (Fsp3) is 0.250. The van der Waals surface area contributed by atoms with Gasteiger partial charge in [0.1, 0.15) is 17.3 Å². The Morgan fingerprint density at radius 2 is 2.00 bits per heavy atom. The van der Waals surface area contributed by atoms with Crippen LogP contribution in [-0.4, -0.2) is 24.4 Å². The molecule has 2 aromatic rings. The molecule has 2 aromatic heterocycles. The van der Waals surface area contributed by atoms with Crippen molar-refractivity contribution in [3.8, 4) is 0 Å². The molecule has 1 unspecified atom stereocenters. The third-order valence-corrected chi connectivity index (χ3v) is 2.81. The van der Waals surface area contributed by atoms with E-state index < -0.39 is 21.0 Å². The van der Waals surface area contributed by atoms with Gasteiger partial charge in [-0.15, -0.1) is 0 Å². The van der Waals surface area contributed by atoms with Crippen LogP contribution in [0.4, 0.5) is 11.7 Å². The van der Waals surface area contributed by atoms with Gasteiger partial charge in [0.05, 0.1) is 7.05 Å². The molecule has 0 aliphatic heterocycles. The Bertz CT molecular complexity index is 650. The zero-order valence-corrected chi connectivity index (χ0v) is 10.4. The van der Waals surface area contributed by atoms with Gasteiger partial charge in [0.15, 0.2) is 5.25 Å². The molecule has 0 N–H and O–H groups in total. The van der Waals surface area contributed by atoms with Crippen LogP contribution < -0.4 is 0 Å². The molecule has 1 atom stereocenters. The predicted molar refractivity (Wildman–Crippen MR) is 63.8 cm³/mol. The Kier molecular flexibility index (Phi) is 3.21. The molecule has 0 aliphatic rings. The van der Waals surface area contributed by atoms with E-state index in [1.165, 1.54) is 11.6 Å². The highest BCUT2D eigenvalue weighted by molar-refractivity contribution is 7.80. The number of nitro groups is 2. The second-order valence-electron chi connectivity index (χ2n) is 3.49. The number of rotatable bonds is 4. The summed E-state index contributed by atoms with van der Waals surface area (Å²) in [6.07, 6.45) is 2.01. The summed E-state index contributed by atoms with van der Waals surface area (Å²) in [5, 5.41) is 20.3. The molecule has 0 spiro atoms. The third kappa shape index (κ3) is 2.27. The highest BCUT2D eigenvalue weighted by Crippen LogP contribution is 2.30. The van der Waals surface area contributed by atoms with Crippen molar-refractivity contribution in [3.63, 3.8) is 0 Å². The van der Waals surface area contributed by atoms with Crippen molar-refractivity contribution >= 4 is 24.3 Å². The van der Waals surface area contributed by atoms with Crippen molar-refractivity contribution in [1.29, 1.82) is 0 Å². The summed E-state index contributed by atoms with van der Waals surface area (Å²) in [4.78, 5) is 27.4. The van der Waals surface area contributed by atoms with Crippen LogP contribution in [0.3, 0.4) is 0 Å². The lowest BCUT2D eigenvalue weighted by Crippen LogP contribution is -2.05. The molecule has 2 heterocycles. The Balaban J connectivity index is 2.35. The highest BCUT2D eigenvalue weighted by atomic mass is 32.1. The van der Waals surface area contributed by atoms with Gasteiger partial charge in [0.25, 0.3) is 0 Å². The molecule has 0 saturated carbocycles. The lowest BCUT2D eigenvalue weighted by molar-refractivity contribution is -0.402. The average molecular weight is 285 g/mol. The summed E-state index contributed by atoms with van der Waals surface area (Å²) < 4.78 is 6.08. The lowest BCUT2D eigenvalue weighted by Gasteiger charge is -2.02. The smallest absolute Gasteiger partial charge is 0.383 e. The average Bonchev–Trinajstić information content (AvgIpc) is 2.94. The van der Waals surface area contributed by atoms with Crippen molar-refractivity contribution in [1.82, 2.24) is 14.5 Å². The molecule has 2 rings (SSSR count). The molecule has 0 aliphatic carbocycles. The Hall–Kier alpha value is -2.43. The van der Waals surface area contributed by atoms with E-state index in [9.17, 15) is 20.2 Å². The van der Waals surface area contributed by atoms with E-state index in [1.54, 1.807) is 0 Å². The van der Waals surface area contributed by atoms with Crippen molar-refractivity contribution in [2.75, 3.05) is 0 Å². The monoisotopic (exact) mass is 285 g/mol. The minimum Gasteiger partial charge on any atom is -0.383 e. The molecule has 0 amide bonds. The molecular weight excluding hydrogens is 278 g/mol. The van der Waals surface area contributed by atoms with Gasteiger partial charge in [-0.3, -0.25) is 10.1 Å².